The lowest BCUT2D eigenvalue weighted by atomic mass is 9.95. The van der Waals surface area contributed by atoms with E-state index in [9.17, 15) is 18.7 Å². The molecule has 226 valence electrons. The Morgan fingerprint density at radius 3 is 2.39 bits per heavy atom. The molecule has 11 heteroatoms. The van der Waals surface area contributed by atoms with Gasteiger partial charge in [-0.3, -0.25) is 18.4 Å². The molecule has 0 unspecified atom stereocenters. The fourth-order valence-corrected chi connectivity index (χ4v) is 6.50. The number of aliphatic hydroxyl groups is 1. The lowest BCUT2D eigenvalue weighted by Gasteiger charge is -2.46. The number of alkyl halides is 2. The quantitative estimate of drug-likeness (QED) is 0.287. The first-order valence-corrected chi connectivity index (χ1v) is 14.4. The van der Waals surface area contributed by atoms with Crippen LogP contribution in [-0.2, 0) is 21.1 Å². The zero-order valence-corrected chi connectivity index (χ0v) is 25.4. The van der Waals surface area contributed by atoms with Crippen molar-refractivity contribution in [3.8, 4) is 28.2 Å². The second kappa shape index (κ2) is 9.62. The lowest BCUT2D eigenvalue weighted by Crippen LogP contribution is -2.60. The molecule has 9 nitrogen and oxygen atoms in total. The molecule has 3 aromatic carbocycles. The van der Waals surface area contributed by atoms with Gasteiger partial charge in [0.15, 0.2) is 0 Å². The van der Waals surface area contributed by atoms with E-state index in [1.54, 1.807) is 60.3 Å². The standard InChI is InChI=1S/C33H33F2N7O2/c1-18-8-7-9-22(19(18)2)31-37-25-12-23(20-14-36-38(4)15-20)24(30(34)35)13-26(25)42(31)21-10-27-29(40(6)32(43)39(27)5)28(11-21)41-16-33(3,44)17-41/h7-15,30,44H,16-17H2,1-6H3. The van der Waals surface area contributed by atoms with E-state index in [2.05, 4.69) is 5.10 Å². The number of aromatic nitrogens is 6. The van der Waals surface area contributed by atoms with Crippen molar-refractivity contribution in [1.29, 1.82) is 0 Å². The van der Waals surface area contributed by atoms with Crippen LogP contribution in [-0.4, -0.2) is 52.3 Å². The minimum Gasteiger partial charge on any atom is -0.386 e. The molecule has 0 radical (unpaired) electrons. The maximum absolute atomic E-state index is 14.7. The number of anilines is 1. The van der Waals surface area contributed by atoms with Crippen molar-refractivity contribution < 1.29 is 13.9 Å². The van der Waals surface area contributed by atoms with Gasteiger partial charge in [-0.05, 0) is 61.7 Å². The average molecular weight is 598 g/mol. The summed E-state index contributed by atoms with van der Waals surface area (Å²) >= 11 is 0. The van der Waals surface area contributed by atoms with Crippen molar-refractivity contribution >= 4 is 27.8 Å². The summed E-state index contributed by atoms with van der Waals surface area (Å²) < 4.78 is 36.1. The van der Waals surface area contributed by atoms with Crippen molar-refractivity contribution in [2.75, 3.05) is 18.0 Å². The van der Waals surface area contributed by atoms with Gasteiger partial charge < -0.3 is 10.0 Å². The Hall–Kier alpha value is -4.77. The first-order chi connectivity index (χ1) is 20.8. The summed E-state index contributed by atoms with van der Waals surface area (Å²) in [6.07, 6.45) is 0.556. The third-order valence-electron chi connectivity index (χ3n) is 8.91. The highest BCUT2D eigenvalue weighted by atomic mass is 19.3. The van der Waals surface area contributed by atoms with Crippen LogP contribution in [0.4, 0.5) is 14.5 Å². The molecule has 1 aliphatic heterocycles. The molecule has 44 heavy (non-hydrogen) atoms. The second-order valence-corrected chi connectivity index (χ2v) is 12.2. The number of halogens is 2. The average Bonchev–Trinajstić information content (AvgIpc) is 3.63. The highest BCUT2D eigenvalue weighted by molar-refractivity contribution is 5.95. The number of nitrogens with zero attached hydrogens (tertiary/aromatic N) is 7. The van der Waals surface area contributed by atoms with Gasteiger partial charge in [0.2, 0.25) is 0 Å². The number of imidazole rings is 2. The molecule has 0 bridgehead atoms. The Labute approximate surface area is 252 Å². The van der Waals surface area contributed by atoms with Gasteiger partial charge in [-0.25, -0.2) is 18.6 Å². The normalized spacial score (nSPS) is 14.7. The maximum Gasteiger partial charge on any atom is 0.328 e. The summed E-state index contributed by atoms with van der Waals surface area (Å²) in [6, 6.07) is 13.1. The molecule has 0 atom stereocenters. The molecule has 0 amide bonds. The fraction of sp³-hybridized carbons (Fsp3) is 0.303. The van der Waals surface area contributed by atoms with E-state index < -0.39 is 12.0 Å². The van der Waals surface area contributed by atoms with E-state index in [-0.39, 0.29) is 11.3 Å². The molecule has 1 fully saturated rings. The second-order valence-electron chi connectivity index (χ2n) is 12.2. The van der Waals surface area contributed by atoms with Crippen molar-refractivity contribution in [1.82, 2.24) is 28.5 Å². The Kier molecular flexibility index (Phi) is 6.13. The third-order valence-corrected chi connectivity index (χ3v) is 8.91. The predicted octanol–water partition coefficient (Wildman–Crippen LogP) is 5.41. The first-order valence-electron chi connectivity index (χ1n) is 14.4. The van der Waals surface area contributed by atoms with Crippen LogP contribution in [0.25, 0.3) is 50.3 Å². The first kappa shape index (κ1) is 28.0. The van der Waals surface area contributed by atoms with Crippen molar-refractivity contribution in [3.63, 3.8) is 0 Å². The topological polar surface area (TPSA) is 86.0 Å². The van der Waals surface area contributed by atoms with Crippen molar-refractivity contribution in [2.24, 2.45) is 21.1 Å². The number of aryl methyl sites for hydroxylation is 4. The van der Waals surface area contributed by atoms with Crippen LogP contribution in [0.5, 0.6) is 0 Å². The van der Waals surface area contributed by atoms with E-state index in [0.717, 1.165) is 27.9 Å². The minimum absolute atomic E-state index is 0.119. The molecule has 0 spiro atoms. The molecule has 1 saturated heterocycles. The van der Waals surface area contributed by atoms with Gasteiger partial charge in [0, 0.05) is 57.1 Å². The Balaban J connectivity index is 1.59. The highest BCUT2D eigenvalue weighted by Crippen LogP contribution is 2.41. The van der Waals surface area contributed by atoms with Crippen LogP contribution in [0.1, 0.15) is 30.0 Å². The molecule has 0 saturated carbocycles. The Morgan fingerprint density at radius 2 is 1.73 bits per heavy atom. The zero-order chi connectivity index (χ0) is 31.2. The van der Waals surface area contributed by atoms with Crippen LogP contribution < -0.4 is 10.6 Å². The Morgan fingerprint density at radius 1 is 0.977 bits per heavy atom. The summed E-state index contributed by atoms with van der Waals surface area (Å²) in [5, 5.41) is 14.8. The molecule has 0 aliphatic carbocycles. The number of benzene rings is 3. The van der Waals surface area contributed by atoms with Crippen molar-refractivity contribution in [3.05, 3.63) is 82.0 Å². The summed E-state index contributed by atoms with van der Waals surface area (Å²) in [5.74, 6) is 0.603. The van der Waals surface area contributed by atoms with Gasteiger partial charge >= 0.3 is 5.69 Å². The molecule has 1 aliphatic rings. The molecule has 6 aromatic rings. The van der Waals surface area contributed by atoms with E-state index >= 15 is 0 Å². The minimum atomic E-state index is -2.74. The fourth-order valence-electron chi connectivity index (χ4n) is 6.50. The van der Waals surface area contributed by atoms with Crippen LogP contribution in [0.15, 0.2) is 59.7 Å². The van der Waals surface area contributed by atoms with Gasteiger partial charge in [-0.2, -0.15) is 5.10 Å². The van der Waals surface area contributed by atoms with E-state index in [1.807, 2.05) is 53.6 Å². The van der Waals surface area contributed by atoms with E-state index in [4.69, 9.17) is 4.98 Å². The zero-order valence-electron chi connectivity index (χ0n) is 25.4. The van der Waals surface area contributed by atoms with Gasteiger partial charge in [0.25, 0.3) is 6.43 Å². The van der Waals surface area contributed by atoms with Crippen molar-refractivity contribution in [2.45, 2.75) is 32.8 Å². The molecule has 3 aromatic heterocycles. The van der Waals surface area contributed by atoms with Crippen LogP contribution in [0.3, 0.4) is 0 Å². The maximum atomic E-state index is 14.7. The molecule has 1 N–H and O–H groups in total. The van der Waals surface area contributed by atoms with Crippen LogP contribution in [0.2, 0.25) is 0 Å². The predicted molar refractivity (Wildman–Crippen MR) is 168 cm³/mol. The number of rotatable bonds is 5. The van der Waals surface area contributed by atoms with Gasteiger partial charge in [0.1, 0.15) is 5.82 Å². The molecule has 7 rings (SSSR count). The summed E-state index contributed by atoms with van der Waals surface area (Å²) in [4.78, 5) is 20.2. The number of β-amino-alcohol motifs (C(OH)–C–C–N with tert-alkyl or cyclic N) is 1. The third kappa shape index (κ3) is 4.17. The van der Waals surface area contributed by atoms with Crippen LogP contribution >= 0.6 is 0 Å². The molecule has 4 heterocycles. The summed E-state index contributed by atoms with van der Waals surface area (Å²) in [7, 11) is 5.20. The van der Waals surface area contributed by atoms with Crippen LogP contribution in [0, 0.1) is 13.8 Å². The van der Waals surface area contributed by atoms with E-state index in [1.165, 1.54) is 6.07 Å². The number of hydrogen-bond donors (Lipinski definition) is 1. The molecular weight excluding hydrogens is 564 g/mol. The summed E-state index contributed by atoms with van der Waals surface area (Å²) in [5.41, 5.74) is 6.73. The van der Waals surface area contributed by atoms with Gasteiger partial charge in [-0.1, -0.05) is 18.2 Å². The molecular formula is C33H33F2N7O2. The van der Waals surface area contributed by atoms with E-state index in [0.29, 0.717) is 52.3 Å². The van der Waals surface area contributed by atoms with Gasteiger partial charge in [-0.15, -0.1) is 0 Å². The summed E-state index contributed by atoms with van der Waals surface area (Å²) in [6.45, 7) is 6.63. The Bertz CT molecular complexity index is 2180. The SMILES string of the molecule is Cc1cccc(-c2nc3cc(-c4cnn(C)c4)c(C(F)F)cc3n2-c2cc(N3CC(C)(O)C3)c3c(c2)n(C)c(=O)n3C)c1C. The largest absolute Gasteiger partial charge is 0.386 e. The van der Waals surface area contributed by atoms with Gasteiger partial charge in [0.05, 0.1) is 45.2 Å². The number of hydrogen-bond acceptors (Lipinski definition) is 5. The smallest absolute Gasteiger partial charge is 0.328 e. The monoisotopic (exact) mass is 597 g/mol. The highest BCUT2D eigenvalue weighted by Gasteiger charge is 2.38. The number of fused-ring (bicyclic) bond motifs is 2. The lowest BCUT2D eigenvalue weighted by molar-refractivity contribution is 0.0312.